The molecule has 3 aromatic carbocycles. The Morgan fingerprint density at radius 3 is 1.95 bits per heavy atom. The molecule has 0 aliphatic carbocycles. The first-order chi connectivity index (χ1) is 9.98. The lowest BCUT2D eigenvalue weighted by Gasteiger charge is -2.17. The van der Waals surface area contributed by atoms with E-state index in [1.54, 1.807) is 19.2 Å². The van der Waals surface area contributed by atoms with E-state index >= 15 is 0 Å². The molecule has 1 amide bonds. The molecule has 0 saturated heterocycles. The van der Waals surface area contributed by atoms with Crippen molar-refractivity contribution in [1.82, 2.24) is 5.32 Å². The van der Waals surface area contributed by atoms with Gasteiger partial charge in [0.25, 0.3) is 5.91 Å². The van der Waals surface area contributed by atoms with Crippen molar-refractivity contribution in [3.63, 3.8) is 0 Å². The van der Waals surface area contributed by atoms with Gasteiger partial charge in [-0.25, -0.2) is 0 Å². The van der Waals surface area contributed by atoms with Crippen molar-refractivity contribution in [1.29, 1.82) is 0 Å². The van der Waals surface area contributed by atoms with Crippen LogP contribution < -0.4 is 10.7 Å². The highest BCUT2D eigenvalue weighted by Crippen LogP contribution is 2.35. The molecule has 21 heavy (non-hydrogen) atoms. The molecule has 1 atom stereocenters. The van der Waals surface area contributed by atoms with Crippen LogP contribution in [0.1, 0.15) is 5.56 Å². The molecular formula is C16H13BrClNO2. The normalized spacial score (nSPS) is 13.3. The van der Waals surface area contributed by atoms with Crippen molar-refractivity contribution < 1.29 is 4.79 Å². The number of nitrogens with one attached hydrogen (secondary N) is 1. The molecule has 5 heteroatoms. The van der Waals surface area contributed by atoms with E-state index in [9.17, 15) is 9.59 Å². The van der Waals surface area contributed by atoms with Crippen LogP contribution in [0.2, 0.25) is 0 Å². The summed E-state index contributed by atoms with van der Waals surface area (Å²) in [5.41, 5.74) is 0.936. The van der Waals surface area contributed by atoms with Gasteiger partial charge >= 0.3 is 0 Å². The van der Waals surface area contributed by atoms with Gasteiger partial charge in [0.1, 0.15) is 0 Å². The summed E-state index contributed by atoms with van der Waals surface area (Å²) in [5.74, 6) is -0.277. The summed E-state index contributed by atoms with van der Waals surface area (Å²) in [6.07, 6.45) is 0. The number of likely N-dealkylation sites (N-methyl/N-ethyl adjacent to an activating group) is 1. The first-order valence-corrected chi connectivity index (χ1v) is 7.45. The maximum atomic E-state index is 11.3. The molecule has 0 saturated carbocycles. The smallest absolute Gasteiger partial charge is 0.256 e. The number of halogens is 2. The number of amides is 1. The molecule has 3 aromatic rings. The quantitative estimate of drug-likeness (QED) is 0.707. The molecule has 0 aromatic heterocycles. The third-order valence-electron chi connectivity index (χ3n) is 3.00. The number of hydrogen-bond donors (Lipinski definition) is 1. The summed E-state index contributed by atoms with van der Waals surface area (Å²) in [4.78, 5) is 21.9. The van der Waals surface area contributed by atoms with Gasteiger partial charge in [-0.3, -0.25) is 9.59 Å². The Kier molecular flexibility index (Phi) is 4.80. The summed E-state index contributed by atoms with van der Waals surface area (Å²) >= 11 is 9.19. The molecule has 3 rings (SSSR count). The maximum Gasteiger partial charge on any atom is 0.256 e. The van der Waals surface area contributed by atoms with Crippen molar-refractivity contribution in [2.45, 2.75) is 3.78 Å². The van der Waals surface area contributed by atoms with Gasteiger partial charge in [-0.1, -0.05) is 82.1 Å². The first kappa shape index (κ1) is 15.7. The monoisotopic (exact) mass is 365 g/mol. The van der Waals surface area contributed by atoms with E-state index in [2.05, 4.69) is 21.2 Å². The number of benzene rings is 2. The highest BCUT2D eigenvalue weighted by atomic mass is 79.9. The lowest BCUT2D eigenvalue weighted by atomic mass is 10.1. The summed E-state index contributed by atoms with van der Waals surface area (Å²) in [7, 11) is 1.55. The average molecular weight is 367 g/mol. The molecule has 0 heterocycles. The second kappa shape index (κ2) is 6.41. The minimum absolute atomic E-state index is 0.218. The SMILES string of the molecule is CNC(=O)C(Cl)(Br)c1ccccc1.O=c1c2ccccc12. The van der Waals surface area contributed by atoms with E-state index in [0.717, 1.165) is 16.3 Å². The number of carbonyl (C=O) groups excluding carboxylic acids is 1. The van der Waals surface area contributed by atoms with Crippen LogP contribution in [0.3, 0.4) is 0 Å². The number of hydrogen-bond acceptors (Lipinski definition) is 2. The van der Waals surface area contributed by atoms with Gasteiger partial charge < -0.3 is 5.32 Å². The molecule has 0 aliphatic rings. The van der Waals surface area contributed by atoms with Crippen LogP contribution in [0.15, 0.2) is 59.4 Å². The highest BCUT2D eigenvalue weighted by molar-refractivity contribution is 9.10. The molecule has 0 bridgehead atoms. The van der Waals surface area contributed by atoms with Gasteiger partial charge in [0.15, 0.2) is 5.43 Å². The van der Waals surface area contributed by atoms with Crippen LogP contribution in [-0.4, -0.2) is 13.0 Å². The molecule has 0 fully saturated rings. The Hall–Kier alpha value is -1.65. The maximum absolute atomic E-state index is 11.3. The molecule has 3 nitrogen and oxygen atoms in total. The predicted octanol–water partition coefficient (Wildman–Crippen LogP) is 3.29. The Bertz CT molecular complexity index is 730. The predicted molar refractivity (Wildman–Crippen MR) is 89.6 cm³/mol. The van der Waals surface area contributed by atoms with Crippen molar-refractivity contribution >= 4 is 44.2 Å². The van der Waals surface area contributed by atoms with Crippen molar-refractivity contribution in [2.75, 3.05) is 7.05 Å². The Labute approximate surface area is 135 Å². The minimum atomic E-state index is -1.16. The third-order valence-corrected chi connectivity index (χ3v) is 4.21. The van der Waals surface area contributed by atoms with Gasteiger partial charge in [0.05, 0.1) is 0 Å². The molecule has 0 aliphatic heterocycles. The average Bonchev–Trinajstić information content (AvgIpc) is 3.19. The Morgan fingerprint density at radius 1 is 1.05 bits per heavy atom. The van der Waals surface area contributed by atoms with E-state index in [0.29, 0.717) is 0 Å². The van der Waals surface area contributed by atoms with Gasteiger partial charge in [0, 0.05) is 17.8 Å². The number of fused-ring (bicyclic) bond motifs is 1. The topological polar surface area (TPSA) is 46.2 Å². The summed E-state index contributed by atoms with van der Waals surface area (Å²) in [6, 6.07) is 16.6. The van der Waals surface area contributed by atoms with Crippen LogP contribution >= 0.6 is 27.5 Å². The van der Waals surface area contributed by atoms with Crippen molar-refractivity contribution in [3.05, 3.63) is 70.4 Å². The van der Waals surface area contributed by atoms with Crippen LogP contribution in [0.4, 0.5) is 0 Å². The van der Waals surface area contributed by atoms with Crippen LogP contribution in [-0.2, 0) is 8.58 Å². The zero-order valence-corrected chi connectivity index (χ0v) is 13.6. The molecule has 108 valence electrons. The highest BCUT2D eigenvalue weighted by Gasteiger charge is 2.33. The summed E-state index contributed by atoms with van der Waals surface area (Å²) in [6.45, 7) is 0. The molecule has 0 radical (unpaired) electrons. The first-order valence-electron chi connectivity index (χ1n) is 6.27. The second-order valence-electron chi connectivity index (χ2n) is 4.39. The summed E-state index contributed by atoms with van der Waals surface area (Å²) in [5, 5.41) is 4.28. The van der Waals surface area contributed by atoms with Gasteiger partial charge in [-0.15, -0.1) is 0 Å². The Balaban J connectivity index is 0.000000170. The van der Waals surface area contributed by atoms with Crippen LogP contribution in [0.5, 0.6) is 0 Å². The van der Waals surface area contributed by atoms with E-state index < -0.39 is 3.78 Å². The minimum Gasteiger partial charge on any atom is -0.357 e. The zero-order chi connectivity index (χ0) is 15.5. The van der Waals surface area contributed by atoms with Crippen molar-refractivity contribution in [2.24, 2.45) is 0 Å². The molecular weight excluding hydrogens is 354 g/mol. The van der Waals surface area contributed by atoms with Crippen LogP contribution in [0, 0.1) is 0 Å². The number of rotatable bonds is 2. The van der Waals surface area contributed by atoms with E-state index in [1.807, 2.05) is 42.5 Å². The fourth-order valence-corrected chi connectivity index (χ4v) is 2.45. The van der Waals surface area contributed by atoms with E-state index in [1.165, 1.54) is 0 Å². The third kappa shape index (κ3) is 3.52. The standard InChI is InChI=1S/C9H9BrClNO.C7H4O/c1-12-8(13)9(10,11)7-5-3-2-4-6-7;8-7-5-3-1-2-4-6(5)7/h2-6H,1H3,(H,12,13);1-4H. The fourth-order valence-electron chi connectivity index (χ4n) is 1.77. The van der Waals surface area contributed by atoms with Gasteiger partial charge in [-0.2, -0.15) is 0 Å². The zero-order valence-electron chi connectivity index (χ0n) is 11.3. The lowest BCUT2D eigenvalue weighted by Crippen LogP contribution is -2.33. The van der Waals surface area contributed by atoms with Gasteiger partial charge in [0.2, 0.25) is 3.78 Å². The van der Waals surface area contributed by atoms with E-state index in [4.69, 9.17) is 11.6 Å². The van der Waals surface area contributed by atoms with Gasteiger partial charge in [-0.05, 0) is 5.56 Å². The number of alkyl halides is 2. The van der Waals surface area contributed by atoms with E-state index in [-0.39, 0.29) is 11.3 Å². The Morgan fingerprint density at radius 2 is 1.52 bits per heavy atom. The number of carbonyl (C=O) groups is 1. The van der Waals surface area contributed by atoms with Crippen molar-refractivity contribution in [3.8, 4) is 0 Å². The van der Waals surface area contributed by atoms with Crippen LogP contribution in [0.25, 0.3) is 10.8 Å². The summed E-state index contributed by atoms with van der Waals surface area (Å²) < 4.78 is -1.16. The fraction of sp³-hybridized carbons (Fsp3) is 0.125. The molecule has 0 spiro atoms. The molecule has 1 unspecified atom stereocenters. The second-order valence-corrected chi connectivity index (χ2v) is 6.61. The molecule has 1 N–H and O–H groups in total. The lowest BCUT2D eigenvalue weighted by molar-refractivity contribution is -0.121. The largest absolute Gasteiger partial charge is 0.357 e.